The van der Waals surface area contributed by atoms with Crippen molar-refractivity contribution in [3.05, 3.63) is 23.5 Å². The van der Waals surface area contributed by atoms with Crippen LogP contribution in [0.4, 0.5) is 0 Å². The number of carbonyl (C=O) groups excluding carboxylic acids is 1. The van der Waals surface area contributed by atoms with Gasteiger partial charge in [-0.1, -0.05) is 13.0 Å². The molecule has 0 atom stereocenters. The van der Waals surface area contributed by atoms with Gasteiger partial charge in [0.25, 0.3) is 0 Å². The number of carbonyl (C=O) groups is 1. The minimum atomic E-state index is -0.00181. The Hall–Kier alpha value is -1.58. The zero-order chi connectivity index (χ0) is 13.0. The quantitative estimate of drug-likeness (QED) is 0.583. The largest absolute Gasteiger partial charge is 0.493 e. The molecule has 0 spiro atoms. The first kappa shape index (κ1) is 13.5. The smallest absolute Gasteiger partial charge is 0.210 e. The topological polar surface area (TPSA) is 44.1 Å². The minimum absolute atomic E-state index is 0.00181. The molecule has 1 rings (SSSR count). The van der Waals surface area contributed by atoms with E-state index in [2.05, 4.69) is 5.10 Å². The van der Waals surface area contributed by atoms with E-state index in [0.717, 1.165) is 5.57 Å². The Labute approximate surface area is 102 Å². The highest BCUT2D eigenvalue weighted by atomic mass is 16.5. The summed E-state index contributed by atoms with van der Waals surface area (Å²) < 4.78 is 6.91. The van der Waals surface area contributed by atoms with Gasteiger partial charge in [0.1, 0.15) is 0 Å². The number of aromatic nitrogens is 2. The third-order valence-corrected chi connectivity index (χ3v) is 2.71. The van der Waals surface area contributed by atoms with Gasteiger partial charge in [0.05, 0.1) is 13.3 Å². The maximum Gasteiger partial charge on any atom is 0.210 e. The molecule has 0 saturated carbocycles. The zero-order valence-corrected chi connectivity index (χ0v) is 11.2. The van der Waals surface area contributed by atoms with Crippen LogP contribution < -0.4 is 4.74 Å². The van der Waals surface area contributed by atoms with E-state index in [-0.39, 0.29) is 11.8 Å². The number of hydrogen-bond donors (Lipinski definition) is 0. The van der Waals surface area contributed by atoms with E-state index in [1.165, 1.54) is 0 Å². The van der Waals surface area contributed by atoms with Crippen molar-refractivity contribution in [1.82, 2.24) is 9.78 Å². The van der Waals surface area contributed by atoms with Gasteiger partial charge < -0.3 is 4.74 Å². The van der Waals surface area contributed by atoms with Gasteiger partial charge in [-0.15, -0.1) is 0 Å². The van der Waals surface area contributed by atoms with E-state index in [4.69, 9.17) is 4.74 Å². The summed E-state index contributed by atoms with van der Waals surface area (Å²) in [7, 11) is 1.56. The second kappa shape index (κ2) is 5.66. The first-order chi connectivity index (χ1) is 8.06. The van der Waals surface area contributed by atoms with E-state index >= 15 is 0 Å². The van der Waals surface area contributed by atoms with Crippen LogP contribution in [-0.2, 0) is 0 Å². The van der Waals surface area contributed by atoms with Gasteiger partial charge in [0.15, 0.2) is 11.4 Å². The highest BCUT2D eigenvalue weighted by Crippen LogP contribution is 2.24. The van der Waals surface area contributed by atoms with Crippen molar-refractivity contribution < 1.29 is 9.53 Å². The van der Waals surface area contributed by atoms with Crippen LogP contribution in [0.15, 0.2) is 17.8 Å². The Bertz CT molecular complexity index is 431. The molecule has 0 bridgehead atoms. The summed E-state index contributed by atoms with van der Waals surface area (Å²) in [6.07, 6.45) is 4.15. The molecule has 0 fully saturated rings. The van der Waals surface area contributed by atoms with Crippen LogP contribution in [0.3, 0.4) is 0 Å². The monoisotopic (exact) mass is 236 g/mol. The Balaban J connectivity index is 3.27. The standard InChI is InChI=1S/C13H20N2O2/c1-6-10(7-2)13(16)12-11(17-5)8-14-15(12)9(3)4/h6,8-9H,7H2,1-5H3. The third kappa shape index (κ3) is 2.57. The fraction of sp³-hybridized carbons (Fsp3) is 0.538. The van der Waals surface area contributed by atoms with Crippen molar-refractivity contribution in [2.75, 3.05) is 7.11 Å². The van der Waals surface area contributed by atoms with Crippen molar-refractivity contribution in [3.63, 3.8) is 0 Å². The molecule has 1 aromatic heterocycles. The van der Waals surface area contributed by atoms with Crippen LogP contribution in [0.1, 0.15) is 50.6 Å². The number of Topliss-reactive ketones (excluding diaryl/α,β-unsaturated/α-hetero) is 1. The van der Waals surface area contributed by atoms with E-state index in [1.54, 1.807) is 18.0 Å². The highest BCUT2D eigenvalue weighted by Gasteiger charge is 2.22. The molecule has 4 nitrogen and oxygen atoms in total. The van der Waals surface area contributed by atoms with Crippen LogP contribution in [0.2, 0.25) is 0 Å². The average molecular weight is 236 g/mol. The SMILES string of the molecule is CC=C(CC)C(=O)c1c(OC)cnn1C(C)C. The predicted octanol–water partition coefficient (Wildman–Crippen LogP) is 3.01. The van der Waals surface area contributed by atoms with E-state index in [1.807, 2.05) is 33.8 Å². The number of rotatable bonds is 5. The van der Waals surface area contributed by atoms with Gasteiger partial charge in [-0.3, -0.25) is 9.48 Å². The lowest BCUT2D eigenvalue weighted by molar-refractivity contribution is 0.101. The number of ether oxygens (including phenoxy) is 1. The van der Waals surface area contributed by atoms with Crippen LogP contribution in [0.5, 0.6) is 5.75 Å². The summed E-state index contributed by atoms with van der Waals surface area (Å²) in [5.74, 6) is 0.537. The number of hydrogen-bond acceptors (Lipinski definition) is 3. The van der Waals surface area contributed by atoms with Crippen LogP contribution in [0, 0.1) is 0 Å². The van der Waals surface area contributed by atoms with Gasteiger partial charge in [-0.2, -0.15) is 5.10 Å². The van der Waals surface area contributed by atoms with Crippen LogP contribution >= 0.6 is 0 Å². The first-order valence-electron chi connectivity index (χ1n) is 5.88. The number of allylic oxidation sites excluding steroid dienone is 2. The second-order valence-corrected chi connectivity index (χ2v) is 4.10. The summed E-state index contributed by atoms with van der Waals surface area (Å²) in [4.78, 5) is 12.4. The lowest BCUT2D eigenvalue weighted by Crippen LogP contribution is -2.15. The summed E-state index contributed by atoms with van der Waals surface area (Å²) in [5, 5.41) is 4.20. The molecule has 0 amide bonds. The van der Waals surface area contributed by atoms with E-state index < -0.39 is 0 Å². The van der Waals surface area contributed by atoms with E-state index in [9.17, 15) is 4.79 Å². The average Bonchev–Trinajstić information content (AvgIpc) is 2.73. The molecule has 0 aliphatic rings. The first-order valence-corrected chi connectivity index (χ1v) is 5.88. The van der Waals surface area contributed by atoms with Gasteiger partial charge in [0, 0.05) is 6.04 Å². The normalized spacial score (nSPS) is 12.0. The number of methoxy groups -OCH3 is 1. The molecule has 1 aromatic rings. The highest BCUT2D eigenvalue weighted by molar-refractivity contribution is 6.09. The lowest BCUT2D eigenvalue weighted by Gasteiger charge is -2.12. The molecule has 0 aliphatic heterocycles. The van der Waals surface area contributed by atoms with Crippen molar-refractivity contribution in [1.29, 1.82) is 0 Å². The predicted molar refractivity (Wildman–Crippen MR) is 67.5 cm³/mol. The molecule has 1 heterocycles. The maximum atomic E-state index is 12.4. The van der Waals surface area contributed by atoms with E-state index in [0.29, 0.717) is 17.9 Å². The number of nitrogens with zero attached hydrogens (tertiary/aromatic N) is 2. The van der Waals surface area contributed by atoms with Gasteiger partial charge in [-0.05, 0) is 32.8 Å². The van der Waals surface area contributed by atoms with Crippen molar-refractivity contribution in [3.8, 4) is 5.75 Å². The molecule has 0 N–H and O–H groups in total. The Kier molecular flexibility index (Phi) is 4.49. The summed E-state index contributed by atoms with van der Waals surface area (Å²) in [5.41, 5.74) is 1.32. The number of ketones is 1. The molecule has 4 heteroatoms. The third-order valence-electron chi connectivity index (χ3n) is 2.71. The van der Waals surface area contributed by atoms with Crippen molar-refractivity contribution >= 4 is 5.78 Å². The fourth-order valence-electron chi connectivity index (χ4n) is 1.75. The second-order valence-electron chi connectivity index (χ2n) is 4.10. The lowest BCUT2D eigenvalue weighted by atomic mass is 10.1. The van der Waals surface area contributed by atoms with Crippen molar-refractivity contribution in [2.45, 2.75) is 40.2 Å². The summed E-state index contributed by atoms with van der Waals surface area (Å²) in [6.45, 7) is 7.82. The van der Waals surface area contributed by atoms with Gasteiger partial charge in [-0.25, -0.2) is 0 Å². The van der Waals surface area contributed by atoms with Crippen molar-refractivity contribution in [2.24, 2.45) is 0 Å². The summed E-state index contributed by atoms with van der Waals surface area (Å²) in [6, 6.07) is 0.132. The summed E-state index contributed by atoms with van der Waals surface area (Å²) >= 11 is 0. The minimum Gasteiger partial charge on any atom is -0.493 e. The molecule has 0 aliphatic carbocycles. The van der Waals surface area contributed by atoms with Crippen LogP contribution in [0.25, 0.3) is 0 Å². The molecule has 17 heavy (non-hydrogen) atoms. The molecule has 0 saturated heterocycles. The Morgan fingerprint density at radius 2 is 2.24 bits per heavy atom. The molecular formula is C13H20N2O2. The molecular weight excluding hydrogens is 216 g/mol. The zero-order valence-electron chi connectivity index (χ0n) is 11.2. The van der Waals surface area contributed by atoms with Crippen LogP contribution in [-0.4, -0.2) is 22.7 Å². The Morgan fingerprint density at radius 1 is 1.59 bits per heavy atom. The molecule has 0 aromatic carbocycles. The Morgan fingerprint density at radius 3 is 2.65 bits per heavy atom. The molecule has 0 radical (unpaired) electrons. The maximum absolute atomic E-state index is 12.4. The van der Waals surface area contributed by atoms with Gasteiger partial charge >= 0.3 is 0 Å². The fourth-order valence-corrected chi connectivity index (χ4v) is 1.75. The molecule has 0 unspecified atom stereocenters. The van der Waals surface area contributed by atoms with Gasteiger partial charge in [0.2, 0.25) is 5.78 Å². The molecule has 94 valence electrons.